The van der Waals surface area contributed by atoms with E-state index in [4.69, 9.17) is 16.3 Å². The average Bonchev–Trinajstić information content (AvgIpc) is 2.84. The van der Waals surface area contributed by atoms with Crippen molar-refractivity contribution in [2.75, 3.05) is 0 Å². The highest BCUT2D eigenvalue weighted by Crippen LogP contribution is 2.30. The van der Waals surface area contributed by atoms with Gasteiger partial charge in [-0.15, -0.1) is 0 Å². The Balaban J connectivity index is 2.07. The predicted molar refractivity (Wildman–Crippen MR) is 81.7 cm³/mol. The molecule has 0 aliphatic rings. The Bertz CT molecular complexity index is 777. The molecule has 0 N–H and O–H groups in total. The fourth-order valence-corrected chi connectivity index (χ4v) is 2.51. The number of hydrogen-bond donors (Lipinski definition) is 0. The normalized spacial score (nSPS) is 11.0. The highest BCUT2D eigenvalue weighted by molar-refractivity contribution is 9.10. The molecule has 0 spiro atoms. The van der Waals surface area contributed by atoms with Crippen molar-refractivity contribution in [1.29, 1.82) is 0 Å². The third kappa shape index (κ3) is 2.39. The number of fused-ring (bicyclic) bond motifs is 1. The molecule has 3 rings (SSSR count). The summed E-state index contributed by atoms with van der Waals surface area (Å²) >= 11 is 9.52. The molecule has 0 atom stereocenters. The molecule has 0 aliphatic heterocycles. The van der Waals surface area contributed by atoms with Gasteiger partial charge in [0, 0.05) is 23.6 Å². The van der Waals surface area contributed by atoms with Crippen LogP contribution in [0, 0.1) is 13.8 Å². The first-order chi connectivity index (χ1) is 9.54. The summed E-state index contributed by atoms with van der Waals surface area (Å²) in [4.78, 5) is 8.58. The third-order valence-corrected chi connectivity index (χ3v) is 3.92. The minimum atomic E-state index is 0.450. The lowest BCUT2D eigenvalue weighted by molar-refractivity contribution is 0.463. The van der Waals surface area contributed by atoms with Gasteiger partial charge in [0.15, 0.2) is 0 Å². The first-order valence-electron chi connectivity index (χ1n) is 5.98. The fraction of sp³-hybridized carbons (Fsp3) is 0.143. The smallest absolute Gasteiger partial charge is 0.264 e. The van der Waals surface area contributed by atoms with Gasteiger partial charge in [-0.05, 0) is 53.0 Å². The summed E-state index contributed by atoms with van der Waals surface area (Å²) < 4.78 is 8.39. The summed E-state index contributed by atoms with van der Waals surface area (Å²) in [5, 5.41) is 0.755. The number of aryl methyl sites for hydroxylation is 2. The van der Waals surface area contributed by atoms with Gasteiger partial charge < -0.3 is 4.74 Å². The number of aromatic nitrogens is 3. The molecule has 1 aromatic carbocycles. The van der Waals surface area contributed by atoms with Crippen molar-refractivity contribution in [3.63, 3.8) is 0 Å². The van der Waals surface area contributed by atoms with Crippen molar-refractivity contribution in [3.8, 4) is 11.6 Å². The summed E-state index contributed by atoms with van der Waals surface area (Å²) in [6, 6.07) is 3.77. The molecule has 0 amide bonds. The van der Waals surface area contributed by atoms with E-state index in [1.165, 1.54) is 0 Å². The van der Waals surface area contributed by atoms with E-state index in [-0.39, 0.29) is 0 Å². The minimum absolute atomic E-state index is 0.450. The molecular weight excluding hydrogens is 342 g/mol. The second kappa shape index (κ2) is 5.07. The van der Waals surface area contributed by atoms with Gasteiger partial charge in [0.1, 0.15) is 10.4 Å². The molecule has 6 heteroatoms. The lowest BCUT2D eigenvalue weighted by Gasteiger charge is -2.10. The summed E-state index contributed by atoms with van der Waals surface area (Å²) in [5.41, 5.74) is 2.60. The van der Waals surface area contributed by atoms with Crippen LogP contribution in [-0.4, -0.2) is 14.4 Å². The summed E-state index contributed by atoms with van der Waals surface area (Å²) in [6.07, 6.45) is 5.37. The average molecular weight is 353 g/mol. The number of halogens is 2. The van der Waals surface area contributed by atoms with Crippen LogP contribution < -0.4 is 4.74 Å². The van der Waals surface area contributed by atoms with E-state index in [0.29, 0.717) is 21.9 Å². The Morgan fingerprint density at radius 3 is 2.65 bits per heavy atom. The molecule has 0 unspecified atom stereocenters. The number of imidazole rings is 1. The molecule has 2 heterocycles. The number of nitrogens with zero attached hydrogens (tertiary/aromatic N) is 3. The Morgan fingerprint density at radius 2 is 1.95 bits per heavy atom. The van der Waals surface area contributed by atoms with E-state index >= 15 is 0 Å². The van der Waals surface area contributed by atoms with E-state index in [0.717, 1.165) is 16.1 Å². The molecule has 0 radical (unpaired) electrons. The molecule has 3 aromatic rings. The van der Waals surface area contributed by atoms with Crippen molar-refractivity contribution in [3.05, 3.63) is 51.5 Å². The van der Waals surface area contributed by atoms with Crippen LogP contribution >= 0.6 is 27.5 Å². The van der Waals surface area contributed by atoms with Crippen LogP contribution in [0.5, 0.6) is 11.6 Å². The lowest BCUT2D eigenvalue weighted by atomic mass is 10.1. The largest absolute Gasteiger partial charge is 0.436 e. The first kappa shape index (κ1) is 13.4. The van der Waals surface area contributed by atoms with Gasteiger partial charge >= 0.3 is 0 Å². The monoisotopic (exact) mass is 351 g/mol. The highest BCUT2D eigenvalue weighted by atomic mass is 79.9. The SMILES string of the molecule is Cc1cc(Oc2nc(Br)cn3ccnc23)cc(C)c1Cl. The van der Waals surface area contributed by atoms with Crippen LogP contribution in [0.1, 0.15) is 11.1 Å². The van der Waals surface area contributed by atoms with Crippen LogP contribution in [0.3, 0.4) is 0 Å². The van der Waals surface area contributed by atoms with Crippen molar-refractivity contribution in [2.24, 2.45) is 0 Å². The molecule has 2 aromatic heterocycles. The van der Waals surface area contributed by atoms with Crippen LogP contribution in [0.4, 0.5) is 0 Å². The highest BCUT2D eigenvalue weighted by Gasteiger charge is 2.10. The van der Waals surface area contributed by atoms with E-state index in [9.17, 15) is 0 Å². The quantitative estimate of drug-likeness (QED) is 0.679. The third-order valence-electron chi connectivity index (χ3n) is 2.94. The molecule has 0 saturated heterocycles. The second-order valence-electron chi connectivity index (χ2n) is 4.50. The van der Waals surface area contributed by atoms with Crippen LogP contribution in [0.2, 0.25) is 5.02 Å². The zero-order valence-electron chi connectivity index (χ0n) is 10.9. The van der Waals surface area contributed by atoms with Crippen LogP contribution in [0.15, 0.2) is 35.3 Å². The molecule has 0 aliphatic carbocycles. The summed E-state index contributed by atoms with van der Waals surface area (Å²) in [5.74, 6) is 1.14. The molecule has 0 bridgehead atoms. The number of rotatable bonds is 2. The Hall–Kier alpha value is -1.59. The standard InChI is InChI=1S/C14H11BrClN3O/c1-8-5-10(6-9(2)12(8)16)20-14-13-17-3-4-19(13)7-11(15)18-14/h3-7H,1-2H3. The number of ether oxygens (including phenoxy) is 1. The van der Waals surface area contributed by atoms with Gasteiger partial charge in [0.05, 0.1) is 0 Å². The van der Waals surface area contributed by atoms with Gasteiger partial charge in [-0.1, -0.05) is 11.6 Å². The molecule has 102 valence electrons. The number of benzene rings is 1. The van der Waals surface area contributed by atoms with E-state index < -0.39 is 0 Å². The maximum atomic E-state index is 6.16. The van der Waals surface area contributed by atoms with Crippen LogP contribution in [0.25, 0.3) is 5.65 Å². The predicted octanol–water partition coefficient (Wildman–Crippen LogP) is 4.55. The number of hydrogen-bond acceptors (Lipinski definition) is 3. The molecular formula is C14H11BrClN3O. The topological polar surface area (TPSA) is 39.4 Å². The summed E-state index contributed by atoms with van der Waals surface area (Å²) in [6.45, 7) is 3.89. The molecule has 0 fully saturated rings. The van der Waals surface area contributed by atoms with Gasteiger partial charge in [-0.25, -0.2) is 9.97 Å². The first-order valence-corrected chi connectivity index (χ1v) is 7.15. The minimum Gasteiger partial charge on any atom is -0.436 e. The van der Waals surface area contributed by atoms with E-state index in [1.54, 1.807) is 6.20 Å². The maximum Gasteiger partial charge on any atom is 0.264 e. The van der Waals surface area contributed by atoms with Crippen LogP contribution in [-0.2, 0) is 0 Å². The Morgan fingerprint density at radius 1 is 1.25 bits per heavy atom. The molecule has 0 saturated carbocycles. The van der Waals surface area contributed by atoms with Crippen molar-refractivity contribution >= 4 is 33.2 Å². The van der Waals surface area contributed by atoms with Crippen molar-refractivity contribution in [1.82, 2.24) is 14.4 Å². The second-order valence-corrected chi connectivity index (χ2v) is 5.69. The van der Waals surface area contributed by atoms with Gasteiger partial charge in [0.25, 0.3) is 5.88 Å². The zero-order chi connectivity index (χ0) is 14.3. The lowest BCUT2D eigenvalue weighted by Crippen LogP contribution is -1.95. The Labute approximate surface area is 129 Å². The van der Waals surface area contributed by atoms with E-state index in [1.807, 2.05) is 42.8 Å². The van der Waals surface area contributed by atoms with Gasteiger partial charge in [-0.2, -0.15) is 0 Å². The fourth-order valence-electron chi connectivity index (χ4n) is 2.02. The Kier molecular flexibility index (Phi) is 3.40. The van der Waals surface area contributed by atoms with Crippen molar-refractivity contribution in [2.45, 2.75) is 13.8 Å². The zero-order valence-corrected chi connectivity index (χ0v) is 13.2. The van der Waals surface area contributed by atoms with Gasteiger partial charge in [0.2, 0.25) is 5.65 Å². The van der Waals surface area contributed by atoms with Crippen molar-refractivity contribution < 1.29 is 4.74 Å². The molecule has 20 heavy (non-hydrogen) atoms. The van der Waals surface area contributed by atoms with Gasteiger partial charge in [-0.3, -0.25) is 4.40 Å². The molecule has 4 nitrogen and oxygen atoms in total. The maximum absolute atomic E-state index is 6.16. The van der Waals surface area contributed by atoms with E-state index in [2.05, 4.69) is 25.9 Å². The summed E-state index contributed by atoms with van der Waals surface area (Å²) in [7, 11) is 0.